The number of nitrogens with zero attached hydrogens (tertiary/aromatic N) is 6. The van der Waals surface area contributed by atoms with E-state index in [1.54, 1.807) is 37.5 Å². The Morgan fingerprint density at radius 1 is 1.03 bits per heavy atom. The van der Waals surface area contributed by atoms with Crippen LogP contribution < -0.4 is 4.90 Å². The molecular weight excluding hydrogens is 380 g/mol. The fourth-order valence-electron chi connectivity index (χ4n) is 3.47. The molecule has 0 fully saturated rings. The highest BCUT2D eigenvalue weighted by Crippen LogP contribution is 2.46. The molecule has 152 valence electrons. The zero-order chi connectivity index (χ0) is 21.6. The van der Waals surface area contributed by atoms with E-state index >= 15 is 0 Å². The Morgan fingerprint density at radius 3 is 2.40 bits per heavy atom. The van der Waals surface area contributed by atoms with E-state index in [0.29, 0.717) is 11.6 Å². The molecule has 0 saturated carbocycles. The van der Waals surface area contributed by atoms with Crippen LogP contribution in [0.1, 0.15) is 35.9 Å². The molecule has 0 aliphatic carbocycles. The van der Waals surface area contributed by atoms with E-state index in [1.807, 2.05) is 39.0 Å². The maximum absolute atomic E-state index is 13.3. The van der Waals surface area contributed by atoms with E-state index < -0.39 is 5.41 Å². The van der Waals surface area contributed by atoms with Gasteiger partial charge in [0.2, 0.25) is 11.7 Å². The van der Waals surface area contributed by atoms with Crippen LogP contribution in [0.2, 0.25) is 0 Å². The topological polar surface area (TPSA) is 92.2 Å². The molecule has 2 amide bonds. The number of hydrogen-bond acceptors (Lipinski definition) is 6. The van der Waals surface area contributed by atoms with Crippen molar-refractivity contribution >= 4 is 23.3 Å². The van der Waals surface area contributed by atoms with Crippen molar-refractivity contribution in [2.45, 2.75) is 26.2 Å². The highest BCUT2D eigenvalue weighted by Gasteiger charge is 2.45. The zero-order valence-electron chi connectivity index (χ0n) is 17.5. The molecule has 4 rings (SSSR count). The maximum atomic E-state index is 13.3. The Kier molecular flexibility index (Phi) is 4.57. The lowest BCUT2D eigenvalue weighted by atomic mass is 9.85. The summed E-state index contributed by atoms with van der Waals surface area (Å²) < 4.78 is 0. The third kappa shape index (κ3) is 3.10. The zero-order valence-corrected chi connectivity index (χ0v) is 17.5. The second-order valence-corrected chi connectivity index (χ2v) is 7.95. The number of anilines is 2. The average molecular weight is 402 g/mol. The SMILES string of the molecule is Cc1ncc(-c2ccc3c(c2)N(c2ccnc(C(=O)N(C)C)n2)C(=O)C3(C)C)cn1. The van der Waals surface area contributed by atoms with Crippen molar-refractivity contribution in [2.24, 2.45) is 0 Å². The van der Waals surface area contributed by atoms with Crippen molar-refractivity contribution in [3.05, 3.63) is 60.1 Å². The summed E-state index contributed by atoms with van der Waals surface area (Å²) in [6.45, 7) is 5.60. The van der Waals surface area contributed by atoms with Crippen LogP contribution >= 0.6 is 0 Å². The van der Waals surface area contributed by atoms with Gasteiger partial charge in [-0.25, -0.2) is 19.9 Å². The van der Waals surface area contributed by atoms with E-state index in [9.17, 15) is 9.59 Å². The van der Waals surface area contributed by atoms with Gasteiger partial charge in [-0.15, -0.1) is 0 Å². The quantitative estimate of drug-likeness (QED) is 0.669. The number of aromatic nitrogens is 4. The molecule has 0 spiro atoms. The minimum Gasteiger partial charge on any atom is -0.342 e. The van der Waals surface area contributed by atoms with Gasteiger partial charge >= 0.3 is 0 Å². The molecule has 0 bridgehead atoms. The molecule has 0 saturated heterocycles. The van der Waals surface area contributed by atoms with Crippen molar-refractivity contribution in [3.8, 4) is 11.1 Å². The fourth-order valence-corrected chi connectivity index (χ4v) is 3.47. The van der Waals surface area contributed by atoms with E-state index in [0.717, 1.165) is 22.4 Å². The summed E-state index contributed by atoms with van der Waals surface area (Å²) in [5.41, 5.74) is 2.64. The highest BCUT2D eigenvalue weighted by atomic mass is 16.2. The molecule has 30 heavy (non-hydrogen) atoms. The van der Waals surface area contributed by atoms with E-state index in [4.69, 9.17) is 0 Å². The monoisotopic (exact) mass is 402 g/mol. The van der Waals surface area contributed by atoms with Crippen molar-refractivity contribution in [2.75, 3.05) is 19.0 Å². The lowest BCUT2D eigenvalue weighted by Crippen LogP contribution is -2.34. The first-order valence-electron chi connectivity index (χ1n) is 9.53. The first kappa shape index (κ1) is 19.6. The molecule has 0 radical (unpaired) electrons. The van der Waals surface area contributed by atoms with Crippen LogP contribution in [0.15, 0.2) is 42.9 Å². The standard InChI is InChI=1S/C22H22N6O2/c1-13-24-11-15(12-25-13)14-6-7-16-17(10-14)28(21(30)22(16,2)3)18-8-9-23-19(26-18)20(29)27(4)5/h6-12H,1-5H3. The number of hydrogen-bond donors (Lipinski definition) is 0. The minimum absolute atomic E-state index is 0.0413. The van der Waals surface area contributed by atoms with Gasteiger partial charge in [0.1, 0.15) is 11.6 Å². The Hall–Kier alpha value is -3.68. The maximum Gasteiger partial charge on any atom is 0.291 e. The van der Waals surface area contributed by atoms with Crippen molar-refractivity contribution < 1.29 is 9.59 Å². The summed E-state index contributed by atoms with van der Waals surface area (Å²) in [4.78, 5) is 45.6. The molecule has 2 aromatic heterocycles. The van der Waals surface area contributed by atoms with Crippen LogP contribution in [-0.4, -0.2) is 50.7 Å². The van der Waals surface area contributed by atoms with Crippen molar-refractivity contribution in [1.82, 2.24) is 24.8 Å². The molecule has 0 atom stereocenters. The number of amides is 2. The van der Waals surface area contributed by atoms with Gasteiger partial charge in [-0.3, -0.25) is 14.5 Å². The van der Waals surface area contributed by atoms with Gasteiger partial charge in [0.15, 0.2) is 0 Å². The van der Waals surface area contributed by atoms with Crippen LogP contribution in [0.3, 0.4) is 0 Å². The molecule has 8 heteroatoms. The third-order valence-corrected chi connectivity index (χ3v) is 5.23. The molecule has 1 aliphatic heterocycles. The first-order chi connectivity index (χ1) is 14.2. The number of aryl methyl sites for hydroxylation is 1. The molecule has 0 unspecified atom stereocenters. The van der Waals surface area contributed by atoms with Crippen LogP contribution in [-0.2, 0) is 10.2 Å². The number of carbonyl (C=O) groups is 2. The second-order valence-electron chi connectivity index (χ2n) is 7.95. The summed E-state index contributed by atoms with van der Waals surface area (Å²) in [5, 5.41) is 0. The molecule has 0 N–H and O–H groups in total. The Bertz CT molecular complexity index is 1150. The van der Waals surface area contributed by atoms with Gasteiger partial charge in [0, 0.05) is 38.2 Å². The highest BCUT2D eigenvalue weighted by molar-refractivity contribution is 6.12. The summed E-state index contributed by atoms with van der Waals surface area (Å²) in [6.07, 6.45) is 5.01. The summed E-state index contributed by atoms with van der Waals surface area (Å²) in [7, 11) is 3.27. The van der Waals surface area contributed by atoms with Crippen molar-refractivity contribution in [3.63, 3.8) is 0 Å². The molecular formula is C22H22N6O2. The Balaban J connectivity index is 1.84. The van der Waals surface area contributed by atoms with Gasteiger partial charge in [0.05, 0.1) is 11.1 Å². The third-order valence-electron chi connectivity index (χ3n) is 5.23. The smallest absolute Gasteiger partial charge is 0.291 e. The number of carbonyl (C=O) groups excluding carboxylic acids is 2. The molecule has 1 aliphatic rings. The Morgan fingerprint density at radius 2 is 1.73 bits per heavy atom. The van der Waals surface area contributed by atoms with E-state index in [2.05, 4.69) is 19.9 Å². The van der Waals surface area contributed by atoms with Gasteiger partial charge < -0.3 is 4.90 Å². The largest absolute Gasteiger partial charge is 0.342 e. The van der Waals surface area contributed by atoms with E-state index in [-0.39, 0.29) is 17.6 Å². The lowest BCUT2D eigenvalue weighted by molar-refractivity contribution is -0.121. The Labute approximate surface area is 174 Å². The first-order valence-corrected chi connectivity index (χ1v) is 9.53. The lowest BCUT2D eigenvalue weighted by Gasteiger charge is -2.20. The predicted molar refractivity (Wildman–Crippen MR) is 112 cm³/mol. The molecule has 1 aromatic carbocycles. The van der Waals surface area contributed by atoms with Crippen molar-refractivity contribution in [1.29, 1.82) is 0 Å². The average Bonchev–Trinajstić information content (AvgIpc) is 2.93. The minimum atomic E-state index is -0.728. The van der Waals surface area contributed by atoms with Crippen LogP contribution in [0.25, 0.3) is 11.1 Å². The van der Waals surface area contributed by atoms with Gasteiger partial charge in [-0.1, -0.05) is 12.1 Å². The molecule has 8 nitrogen and oxygen atoms in total. The van der Waals surface area contributed by atoms with Crippen LogP contribution in [0, 0.1) is 6.92 Å². The van der Waals surface area contributed by atoms with Crippen LogP contribution in [0.4, 0.5) is 11.5 Å². The fraction of sp³-hybridized carbons (Fsp3) is 0.273. The number of rotatable bonds is 3. The summed E-state index contributed by atoms with van der Waals surface area (Å²) in [5.74, 6) is 0.659. The summed E-state index contributed by atoms with van der Waals surface area (Å²) in [6, 6.07) is 7.49. The molecule has 3 aromatic rings. The number of benzene rings is 1. The number of fused-ring (bicyclic) bond motifs is 1. The predicted octanol–water partition coefficient (Wildman–Crippen LogP) is 2.90. The van der Waals surface area contributed by atoms with E-state index in [1.165, 1.54) is 11.1 Å². The van der Waals surface area contributed by atoms with Gasteiger partial charge in [-0.05, 0) is 44.0 Å². The molecule has 3 heterocycles. The second kappa shape index (κ2) is 6.98. The van der Waals surface area contributed by atoms with Gasteiger partial charge in [0.25, 0.3) is 5.91 Å². The normalized spacial score (nSPS) is 14.6. The summed E-state index contributed by atoms with van der Waals surface area (Å²) >= 11 is 0. The van der Waals surface area contributed by atoms with Crippen LogP contribution in [0.5, 0.6) is 0 Å². The van der Waals surface area contributed by atoms with Gasteiger partial charge in [-0.2, -0.15) is 0 Å².